The third kappa shape index (κ3) is 5.57. The highest BCUT2D eigenvalue weighted by Crippen LogP contribution is 2.33. The first-order valence-electron chi connectivity index (χ1n) is 11.9. The Morgan fingerprint density at radius 1 is 0.895 bits per heavy atom. The van der Waals surface area contributed by atoms with Gasteiger partial charge in [0.25, 0.3) is 5.56 Å². The number of nitrogens with one attached hydrogen (secondary N) is 1. The lowest BCUT2D eigenvalue weighted by atomic mass is 9.95. The third-order valence-corrected chi connectivity index (χ3v) is 5.72. The first kappa shape index (κ1) is 26.2. The van der Waals surface area contributed by atoms with Crippen LogP contribution in [0.3, 0.4) is 0 Å². The van der Waals surface area contributed by atoms with Crippen LogP contribution in [0, 0.1) is 0 Å². The molecule has 0 saturated heterocycles. The Bertz CT molecular complexity index is 1500. The van der Waals surface area contributed by atoms with Crippen LogP contribution in [0.25, 0.3) is 22.4 Å². The van der Waals surface area contributed by atoms with Gasteiger partial charge in [-0.05, 0) is 24.6 Å². The fourth-order valence-electron chi connectivity index (χ4n) is 3.98. The van der Waals surface area contributed by atoms with E-state index < -0.39 is 24.0 Å². The minimum Gasteiger partial charge on any atom is -0.497 e. The van der Waals surface area contributed by atoms with E-state index in [1.807, 2.05) is 36.4 Å². The summed E-state index contributed by atoms with van der Waals surface area (Å²) in [5, 5.41) is 7.29. The maximum Gasteiger partial charge on any atom is 0.344 e. The quantitative estimate of drug-likeness (QED) is 0.330. The minimum absolute atomic E-state index is 0.0766. The summed E-state index contributed by atoms with van der Waals surface area (Å²) in [4.78, 5) is 39.8. The van der Waals surface area contributed by atoms with Crippen molar-refractivity contribution in [3.63, 3.8) is 0 Å². The number of methoxy groups -OCH3 is 2. The van der Waals surface area contributed by atoms with Gasteiger partial charge in [0, 0.05) is 17.2 Å². The van der Waals surface area contributed by atoms with E-state index in [1.165, 1.54) is 14.2 Å². The van der Waals surface area contributed by atoms with Gasteiger partial charge in [-0.2, -0.15) is 5.10 Å². The highest BCUT2D eigenvalue weighted by molar-refractivity contribution is 6.01. The smallest absolute Gasteiger partial charge is 0.344 e. The predicted octanol–water partition coefficient (Wildman–Crippen LogP) is 4.41. The lowest BCUT2D eigenvalue weighted by Gasteiger charge is -2.17. The van der Waals surface area contributed by atoms with Gasteiger partial charge in [-0.25, -0.2) is 9.48 Å². The van der Waals surface area contributed by atoms with E-state index in [4.69, 9.17) is 14.2 Å². The number of esters is 1. The number of rotatable bonds is 9. The van der Waals surface area contributed by atoms with Gasteiger partial charge in [0.15, 0.2) is 0 Å². The number of ether oxygens (including phenoxy) is 3. The zero-order valence-electron chi connectivity index (χ0n) is 21.3. The monoisotopic (exact) mass is 513 g/mol. The van der Waals surface area contributed by atoms with Gasteiger partial charge < -0.3 is 19.5 Å². The van der Waals surface area contributed by atoms with Crippen molar-refractivity contribution in [3.05, 3.63) is 94.8 Å². The summed E-state index contributed by atoms with van der Waals surface area (Å²) in [6.07, 6.45) is 0. The summed E-state index contributed by atoms with van der Waals surface area (Å²) < 4.78 is 16.8. The molecule has 3 aromatic carbocycles. The van der Waals surface area contributed by atoms with Crippen LogP contribution in [0.15, 0.2) is 83.7 Å². The average Bonchev–Trinajstić information content (AvgIpc) is 2.95. The van der Waals surface area contributed by atoms with Gasteiger partial charge in [0.05, 0.1) is 32.2 Å². The summed E-state index contributed by atoms with van der Waals surface area (Å²) >= 11 is 0. The van der Waals surface area contributed by atoms with E-state index >= 15 is 0 Å². The van der Waals surface area contributed by atoms with Crippen LogP contribution in [0.5, 0.6) is 11.5 Å². The molecule has 1 amide bonds. The first-order chi connectivity index (χ1) is 18.5. The number of carbonyl (C=O) groups is 2. The van der Waals surface area contributed by atoms with Crippen LogP contribution < -0.4 is 20.3 Å². The van der Waals surface area contributed by atoms with Gasteiger partial charge in [0.2, 0.25) is 5.91 Å². The number of hydrogen-bond donors (Lipinski definition) is 1. The van der Waals surface area contributed by atoms with Crippen molar-refractivity contribution in [1.29, 1.82) is 0 Å². The van der Waals surface area contributed by atoms with Crippen LogP contribution in [0.4, 0.5) is 5.69 Å². The Morgan fingerprint density at radius 2 is 1.55 bits per heavy atom. The molecule has 0 spiro atoms. The summed E-state index contributed by atoms with van der Waals surface area (Å²) in [6, 6.07) is 23.1. The molecule has 38 heavy (non-hydrogen) atoms. The molecule has 0 aliphatic carbocycles. The van der Waals surface area contributed by atoms with E-state index in [9.17, 15) is 14.4 Å². The Hall–Kier alpha value is -4.92. The number of benzene rings is 3. The second-order valence-corrected chi connectivity index (χ2v) is 8.13. The number of carbonyl (C=O) groups excluding carboxylic acids is 2. The molecule has 4 rings (SSSR count). The van der Waals surface area contributed by atoms with E-state index in [-0.39, 0.29) is 12.2 Å². The topological polar surface area (TPSA) is 109 Å². The molecule has 1 heterocycles. The number of nitrogens with zero attached hydrogens (tertiary/aromatic N) is 2. The fraction of sp³-hybridized carbons (Fsp3) is 0.172. The first-order valence-corrected chi connectivity index (χ1v) is 11.9. The molecule has 0 atom stereocenters. The number of hydrogen-bond acceptors (Lipinski definition) is 7. The Kier molecular flexibility index (Phi) is 8.17. The fourth-order valence-corrected chi connectivity index (χ4v) is 3.98. The highest BCUT2D eigenvalue weighted by Gasteiger charge is 2.27. The van der Waals surface area contributed by atoms with Gasteiger partial charge in [0.1, 0.15) is 23.6 Å². The van der Waals surface area contributed by atoms with E-state index in [2.05, 4.69) is 10.4 Å². The zero-order valence-corrected chi connectivity index (χ0v) is 21.3. The SMILES string of the molecule is CCOC(=O)c1c(-c2ccccc2)c(-c2ccccc2)nn(CC(=O)Nc2ccc(OC)cc2OC)c1=O. The van der Waals surface area contributed by atoms with Crippen molar-refractivity contribution in [3.8, 4) is 33.9 Å². The molecule has 0 aliphatic rings. The largest absolute Gasteiger partial charge is 0.497 e. The van der Waals surface area contributed by atoms with Crippen LogP contribution >= 0.6 is 0 Å². The maximum absolute atomic E-state index is 13.6. The van der Waals surface area contributed by atoms with E-state index in [0.717, 1.165) is 4.68 Å². The summed E-state index contributed by atoms with van der Waals surface area (Å²) in [5.74, 6) is -0.387. The molecule has 4 aromatic rings. The van der Waals surface area contributed by atoms with Gasteiger partial charge >= 0.3 is 5.97 Å². The molecular weight excluding hydrogens is 486 g/mol. The van der Waals surface area contributed by atoms with Crippen molar-refractivity contribution < 1.29 is 23.8 Å². The lowest BCUT2D eigenvalue weighted by Crippen LogP contribution is -2.35. The molecule has 9 nitrogen and oxygen atoms in total. The molecular formula is C29H27N3O6. The second kappa shape index (κ2) is 11.9. The summed E-state index contributed by atoms with van der Waals surface area (Å²) in [7, 11) is 2.99. The molecule has 0 fully saturated rings. The lowest BCUT2D eigenvalue weighted by molar-refractivity contribution is -0.117. The van der Waals surface area contributed by atoms with Crippen molar-refractivity contribution in [1.82, 2.24) is 9.78 Å². The normalized spacial score (nSPS) is 10.5. The maximum atomic E-state index is 13.6. The molecule has 0 radical (unpaired) electrons. The summed E-state index contributed by atoms with van der Waals surface area (Å²) in [5.41, 5.74) is 1.46. The number of anilines is 1. The molecule has 1 N–H and O–H groups in total. The minimum atomic E-state index is -0.790. The van der Waals surface area contributed by atoms with Crippen molar-refractivity contribution in [2.75, 3.05) is 26.1 Å². The molecule has 194 valence electrons. The van der Waals surface area contributed by atoms with E-state index in [1.54, 1.807) is 49.4 Å². The standard InChI is InChI=1S/C29H27N3O6/c1-4-38-29(35)26-25(19-11-7-5-8-12-19)27(20-13-9-6-10-14-20)31-32(28(26)34)18-24(33)30-22-16-15-21(36-2)17-23(22)37-3/h5-17H,4,18H2,1-3H3,(H,30,33). The molecule has 0 unspecified atom stereocenters. The Morgan fingerprint density at radius 3 is 2.16 bits per heavy atom. The Labute approximate surface area is 219 Å². The number of amides is 1. The van der Waals surface area contributed by atoms with Crippen LogP contribution in [-0.4, -0.2) is 42.5 Å². The molecule has 0 saturated carbocycles. The average molecular weight is 514 g/mol. The van der Waals surface area contributed by atoms with E-state index in [0.29, 0.717) is 39.6 Å². The predicted molar refractivity (Wildman–Crippen MR) is 144 cm³/mol. The molecule has 0 aliphatic heterocycles. The molecule has 0 bridgehead atoms. The zero-order chi connectivity index (χ0) is 27.1. The second-order valence-electron chi connectivity index (χ2n) is 8.13. The van der Waals surface area contributed by atoms with Crippen LogP contribution in [-0.2, 0) is 16.1 Å². The van der Waals surface area contributed by atoms with Crippen LogP contribution in [0.2, 0.25) is 0 Å². The van der Waals surface area contributed by atoms with Gasteiger partial charge in [-0.15, -0.1) is 0 Å². The van der Waals surface area contributed by atoms with Crippen molar-refractivity contribution in [2.24, 2.45) is 0 Å². The summed E-state index contributed by atoms with van der Waals surface area (Å²) in [6.45, 7) is 1.29. The van der Waals surface area contributed by atoms with Gasteiger partial charge in [-0.3, -0.25) is 9.59 Å². The third-order valence-electron chi connectivity index (χ3n) is 5.72. The van der Waals surface area contributed by atoms with Crippen molar-refractivity contribution in [2.45, 2.75) is 13.5 Å². The van der Waals surface area contributed by atoms with Crippen LogP contribution in [0.1, 0.15) is 17.3 Å². The highest BCUT2D eigenvalue weighted by atomic mass is 16.5. The van der Waals surface area contributed by atoms with Crippen molar-refractivity contribution >= 4 is 17.6 Å². The van der Waals surface area contributed by atoms with Gasteiger partial charge in [-0.1, -0.05) is 60.7 Å². The molecule has 9 heteroatoms. The molecule has 1 aromatic heterocycles. The Balaban J connectivity index is 1.84. The number of aromatic nitrogens is 2.